The summed E-state index contributed by atoms with van der Waals surface area (Å²) in [6.07, 6.45) is -3.99. The lowest BCUT2D eigenvalue weighted by Gasteiger charge is -2.31. The molecule has 1 aliphatic heterocycles. The molecule has 0 radical (unpaired) electrons. The predicted octanol–water partition coefficient (Wildman–Crippen LogP) is 3.75. The van der Waals surface area contributed by atoms with Gasteiger partial charge >= 0.3 is 6.18 Å². The van der Waals surface area contributed by atoms with Crippen LogP contribution in [0.2, 0.25) is 0 Å². The monoisotopic (exact) mass is 554 g/mol. The van der Waals surface area contributed by atoms with Gasteiger partial charge < -0.3 is 20.9 Å². The number of nitrogens with one attached hydrogen (secondary N) is 1. The van der Waals surface area contributed by atoms with Gasteiger partial charge in [-0.3, -0.25) is 14.6 Å². The number of aromatic nitrogens is 2. The first-order valence-corrected chi connectivity index (χ1v) is 12.0. The van der Waals surface area contributed by atoms with Crippen LogP contribution in [0, 0.1) is 5.82 Å². The van der Waals surface area contributed by atoms with Crippen molar-refractivity contribution in [3.63, 3.8) is 0 Å². The molecule has 2 aromatic heterocycles. The summed E-state index contributed by atoms with van der Waals surface area (Å²) < 4.78 is 62.9. The molecule has 2 amide bonds. The minimum atomic E-state index is -5.33. The second-order valence-electron chi connectivity index (χ2n) is 9.64. The average Bonchev–Trinajstić information content (AvgIpc) is 3.28. The zero-order chi connectivity index (χ0) is 28.9. The molecule has 40 heavy (non-hydrogen) atoms. The maximum Gasteiger partial charge on any atom is 0.424 e. The topological polar surface area (TPSA) is 127 Å². The summed E-state index contributed by atoms with van der Waals surface area (Å²) in [5, 5.41) is 13.7. The number of fused-ring (bicyclic) bond motifs is 2. The van der Waals surface area contributed by atoms with Crippen molar-refractivity contribution in [2.75, 3.05) is 13.2 Å². The number of rotatable bonds is 6. The van der Waals surface area contributed by atoms with Crippen LogP contribution in [0.4, 0.5) is 17.6 Å². The summed E-state index contributed by atoms with van der Waals surface area (Å²) in [6.45, 7) is -0.204. The molecule has 206 valence electrons. The van der Waals surface area contributed by atoms with E-state index in [1.807, 2.05) is 0 Å². The predicted molar refractivity (Wildman–Crippen MR) is 136 cm³/mol. The van der Waals surface area contributed by atoms with Crippen LogP contribution in [0.3, 0.4) is 0 Å². The fourth-order valence-corrected chi connectivity index (χ4v) is 4.54. The van der Waals surface area contributed by atoms with Crippen LogP contribution in [0.25, 0.3) is 22.2 Å². The van der Waals surface area contributed by atoms with Crippen LogP contribution in [0.5, 0.6) is 5.75 Å². The molecule has 1 aliphatic rings. The molecule has 12 heteroatoms. The van der Waals surface area contributed by atoms with Crippen molar-refractivity contribution >= 4 is 22.7 Å². The Morgan fingerprint density at radius 2 is 1.82 bits per heavy atom. The summed E-state index contributed by atoms with van der Waals surface area (Å²) in [5.41, 5.74) is -0.0890. The number of benzene rings is 2. The molecule has 0 fully saturated rings. The van der Waals surface area contributed by atoms with Crippen molar-refractivity contribution < 1.29 is 37.0 Å². The summed E-state index contributed by atoms with van der Waals surface area (Å²) in [6, 6.07) is 13.5. The first-order valence-electron chi connectivity index (χ1n) is 12.0. The Balaban J connectivity index is 1.61. The largest absolute Gasteiger partial charge is 0.489 e. The van der Waals surface area contributed by atoms with E-state index < -0.39 is 47.1 Å². The number of hydrogen-bond acceptors (Lipinski definition) is 6. The molecule has 4 N–H and O–H groups in total. The highest BCUT2D eigenvalue weighted by Gasteiger charge is 2.57. The molecule has 2 atom stereocenters. The first-order chi connectivity index (χ1) is 18.8. The van der Waals surface area contributed by atoms with Gasteiger partial charge in [-0.1, -0.05) is 18.2 Å². The Morgan fingerprint density at radius 3 is 2.50 bits per heavy atom. The Morgan fingerprint density at radius 1 is 1.12 bits per heavy atom. The van der Waals surface area contributed by atoms with Gasteiger partial charge in [-0.2, -0.15) is 13.2 Å². The number of aliphatic hydroxyl groups is 1. The standard InChI is InChI=1S/C28H22F4N4O4/c1-26(25(33)38)14-40-23-19(26)12-21(36-22(23)15-6-8-16(29)9-7-15)27(39,28(30,31)32)13-35-24(37)18-10-11-34-20-5-3-2-4-17(18)20/h2-12,39H,13-14H2,1H3,(H2,33,38)(H,35,37)/t26-,27?/m0/s1. The van der Waals surface area contributed by atoms with E-state index in [1.165, 1.54) is 31.3 Å². The van der Waals surface area contributed by atoms with Gasteiger partial charge in [0.15, 0.2) is 0 Å². The lowest BCUT2D eigenvalue weighted by molar-refractivity contribution is -0.265. The maximum absolute atomic E-state index is 14.6. The van der Waals surface area contributed by atoms with Gasteiger partial charge in [-0.15, -0.1) is 0 Å². The van der Waals surface area contributed by atoms with E-state index in [4.69, 9.17) is 10.5 Å². The first kappa shape index (κ1) is 27.0. The van der Waals surface area contributed by atoms with Gasteiger partial charge in [0.25, 0.3) is 5.91 Å². The quantitative estimate of drug-likeness (QED) is 0.312. The van der Waals surface area contributed by atoms with Gasteiger partial charge in [-0.25, -0.2) is 9.37 Å². The number of pyridine rings is 2. The number of alkyl halides is 3. The Bertz CT molecular complexity index is 1640. The highest BCUT2D eigenvalue weighted by Crippen LogP contribution is 2.47. The van der Waals surface area contributed by atoms with E-state index in [9.17, 15) is 32.3 Å². The number of amides is 2. The van der Waals surface area contributed by atoms with Crippen molar-refractivity contribution in [3.05, 3.63) is 89.5 Å². The van der Waals surface area contributed by atoms with Crippen molar-refractivity contribution in [3.8, 4) is 17.0 Å². The van der Waals surface area contributed by atoms with Gasteiger partial charge in [-0.05, 0) is 49.4 Å². The van der Waals surface area contributed by atoms with E-state index in [-0.39, 0.29) is 34.7 Å². The maximum atomic E-state index is 14.6. The minimum Gasteiger partial charge on any atom is -0.489 e. The SMILES string of the molecule is C[C@]1(C(N)=O)COc2c1cc(C(O)(CNC(=O)c1ccnc3ccccc13)C(F)(F)F)nc2-c1ccc(F)cc1. The van der Waals surface area contributed by atoms with Crippen molar-refractivity contribution in [2.24, 2.45) is 5.73 Å². The molecule has 8 nitrogen and oxygen atoms in total. The third-order valence-corrected chi connectivity index (χ3v) is 7.03. The molecular formula is C28H22F4N4O4. The summed E-state index contributed by atoms with van der Waals surface area (Å²) in [4.78, 5) is 33.6. The summed E-state index contributed by atoms with van der Waals surface area (Å²) in [7, 11) is 0. The lowest BCUT2D eigenvalue weighted by atomic mass is 9.81. The number of nitrogens with zero attached hydrogens (tertiary/aromatic N) is 2. The molecule has 2 aromatic carbocycles. The molecule has 5 rings (SSSR count). The van der Waals surface area contributed by atoms with Crippen molar-refractivity contribution in [2.45, 2.75) is 24.1 Å². The van der Waals surface area contributed by atoms with E-state index >= 15 is 0 Å². The zero-order valence-electron chi connectivity index (χ0n) is 20.9. The molecule has 0 bridgehead atoms. The third-order valence-electron chi connectivity index (χ3n) is 7.03. The fraction of sp³-hybridized carbons (Fsp3) is 0.214. The zero-order valence-corrected chi connectivity index (χ0v) is 20.9. The number of hydrogen-bond donors (Lipinski definition) is 3. The lowest BCUT2D eigenvalue weighted by Crippen LogP contribution is -2.51. The van der Waals surface area contributed by atoms with Gasteiger partial charge in [0.2, 0.25) is 11.5 Å². The molecule has 0 saturated heterocycles. The van der Waals surface area contributed by atoms with Crippen molar-refractivity contribution in [1.82, 2.24) is 15.3 Å². The van der Waals surface area contributed by atoms with Crippen LogP contribution in [-0.4, -0.2) is 46.2 Å². The van der Waals surface area contributed by atoms with Crippen LogP contribution >= 0.6 is 0 Å². The van der Waals surface area contributed by atoms with Gasteiger partial charge in [0, 0.05) is 22.7 Å². The van der Waals surface area contributed by atoms with Crippen LogP contribution in [0.1, 0.15) is 28.5 Å². The Hall–Kier alpha value is -4.58. The van der Waals surface area contributed by atoms with E-state index in [0.29, 0.717) is 10.9 Å². The highest BCUT2D eigenvalue weighted by atomic mass is 19.4. The summed E-state index contributed by atoms with van der Waals surface area (Å²) in [5.74, 6) is -2.38. The summed E-state index contributed by atoms with van der Waals surface area (Å²) >= 11 is 0. The van der Waals surface area contributed by atoms with Crippen LogP contribution in [-0.2, 0) is 15.8 Å². The van der Waals surface area contributed by atoms with E-state index in [1.54, 1.807) is 24.3 Å². The molecule has 0 spiro atoms. The Labute approximate surface area is 224 Å². The number of para-hydroxylation sites is 1. The van der Waals surface area contributed by atoms with Gasteiger partial charge in [0.05, 0.1) is 23.3 Å². The Kier molecular flexibility index (Phi) is 6.45. The number of nitrogens with two attached hydrogens (primary N) is 1. The molecule has 1 unspecified atom stereocenters. The molecule has 0 aliphatic carbocycles. The second kappa shape index (κ2) is 9.56. The van der Waals surface area contributed by atoms with Gasteiger partial charge in [0.1, 0.15) is 29.3 Å². The number of primary amides is 1. The third kappa shape index (κ3) is 4.39. The molecular weight excluding hydrogens is 532 g/mol. The number of halogens is 4. The molecule has 0 saturated carbocycles. The normalized spacial score (nSPS) is 18.1. The molecule has 3 heterocycles. The fourth-order valence-electron chi connectivity index (χ4n) is 4.54. The van der Waals surface area contributed by atoms with E-state index in [2.05, 4.69) is 15.3 Å². The highest BCUT2D eigenvalue weighted by molar-refractivity contribution is 6.06. The number of carbonyl (C=O) groups excluding carboxylic acids is 2. The second-order valence-corrected chi connectivity index (χ2v) is 9.64. The number of carbonyl (C=O) groups is 2. The smallest absolute Gasteiger partial charge is 0.424 e. The molecule has 4 aromatic rings. The van der Waals surface area contributed by atoms with Crippen LogP contribution < -0.4 is 15.8 Å². The van der Waals surface area contributed by atoms with Crippen molar-refractivity contribution in [1.29, 1.82) is 0 Å². The van der Waals surface area contributed by atoms with Crippen LogP contribution in [0.15, 0.2) is 66.9 Å². The van der Waals surface area contributed by atoms with E-state index in [0.717, 1.165) is 18.2 Å². The average molecular weight is 555 g/mol. The minimum absolute atomic E-state index is 0.0199. The number of ether oxygens (including phenoxy) is 1.